The number of aryl methyl sites for hydroxylation is 1. The molecule has 0 bridgehead atoms. The van der Waals surface area contributed by atoms with Gasteiger partial charge in [0, 0.05) is 11.3 Å². The second kappa shape index (κ2) is 9.41. The molecule has 0 unspecified atom stereocenters. The average Bonchev–Trinajstić information content (AvgIpc) is 3.21. The summed E-state index contributed by atoms with van der Waals surface area (Å²) >= 11 is 1.32. The first-order valence-electron chi connectivity index (χ1n) is 9.61. The molecule has 1 heterocycles. The van der Waals surface area contributed by atoms with Crippen LogP contribution in [0.25, 0.3) is 17.1 Å². The molecule has 0 amide bonds. The smallest absolute Gasteiger partial charge is 0.316 e. The summed E-state index contributed by atoms with van der Waals surface area (Å²) in [5.41, 5.74) is 4.02. The Bertz CT molecular complexity index is 1130. The Morgan fingerprint density at radius 1 is 0.933 bits per heavy atom. The Kier molecular flexibility index (Phi) is 6.25. The van der Waals surface area contributed by atoms with Crippen LogP contribution < -0.4 is 0 Å². The first-order chi connectivity index (χ1) is 14.7. The molecule has 0 radical (unpaired) electrons. The van der Waals surface area contributed by atoms with E-state index < -0.39 is 0 Å². The molecule has 30 heavy (non-hydrogen) atoms. The third-order valence-electron chi connectivity index (χ3n) is 4.48. The van der Waals surface area contributed by atoms with Crippen molar-refractivity contribution < 1.29 is 9.53 Å². The Balaban J connectivity index is 1.50. The number of carbonyl (C=O) groups is 1. The lowest BCUT2D eigenvalue weighted by Crippen LogP contribution is -2.08. The summed E-state index contributed by atoms with van der Waals surface area (Å²) < 4.78 is 7.39. The number of hydrogen-bond donors (Lipinski definition) is 0. The van der Waals surface area contributed by atoms with Crippen LogP contribution in [0.1, 0.15) is 11.1 Å². The summed E-state index contributed by atoms with van der Waals surface area (Å²) in [5.74, 6) is 0.605. The van der Waals surface area contributed by atoms with Gasteiger partial charge in [0.1, 0.15) is 6.61 Å². The van der Waals surface area contributed by atoms with Gasteiger partial charge >= 0.3 is 5.97 Å². The number of esters is 1. The van der Waals surface area contributed by atoms with Crippen LogP contribution in [0, 0.1) is 6.92 Å². The average molecular weight is 416 g/mol. The number of rotatable bonds is 7. The van der Waals surface area contributed by atoms with Gasteiger partial charge in [-0.15, -0.1) is 10.2 Å². The number of para-hydroxylation sites is 1. The van der Waals surface area contributed by atoms with E-state index in [4.69, 9.17) is 4.74 Å². The van der Waals surface area contributed by atoms with Gasteiger partial charge in [0.05, 0.1) is 5.75 Å². The fourth-order valence-corrected chi connectivity index (χ4v) is 3.83. The molecule has 1 aromatic heterocycles. The van der Waals surface area contributed by atoms with Gasteiger partial charge in [-0.1, -0.05) is 90.1 Å². The minimum atomic E-state index is -0.287. The van der Waals surface area contributed by atoms with Crippen molar-refractivity contribution in [1.82, 2.24) is 14.8 Å². The SMILES string of the molecule is Cc1cccc(COC(=O)CSc2nnc(-c3ccccc3)n2-c2ccccc2)c1. The number of ether oxygens (including phenoxy) is 1. The van der Waals surface area contributed by atoms with Crippen molar-refractivity contribution >= 4 is 17.7 Å². The quantitative estimate of drug-likeness (QED) is 0.311. The number of aromatic nitrogens is 3. The maximum absolute atomic E-state index is 12.3. The molecule has 0 atom stereocenters. The molecule has 0 spiro atoms. The molecule has 3 aromatic carbocycles. The Labute approximate surface area is 179 Å². The lowest BCUT2D eigenvalue weighted by molar-refractivity contribution is -0.141. The van der Waals surface area contributed by atoms with Gasteiger partial charge in [0.25, 0.3) is 0 Å². The van der Waals surface area contributed by atoms with Crippen LogP contribution >= 0.6 is 11.8 Å². The van der Waals surface area contributed by atoms with E-state index in [0.717, 1.165) is 28.2 Å². The largest absolute Gasteiger partial charge is 0.460 e. The van der Waals surface area contributed by atoms with Gasteiger partial charge in [0.2, 0.25) is 0 Å². The van der Waals surface area contributed by atoms with Gasteiger partial charge < -0.3 is 4.74 Å². The fourth-order valence-electron chi connectivity index (χ4n) is 3.08. The molecular formula is C24H21N3O2S. The number of hydrogen-bond acceptors (Lipinski definition) is 5. The number of benzene rings is 3. The zero-order chi connectivity index (χ0) is 20.8. The highest BCUT2D eigenvalue weighted by molar-refractivity contribution is 7.99. The fraction of sp³-hybridized carbons (Fsp3) is 0.125. The first-order valence-corrected chi connectivity index (χ1v) is 10.6. The van der Waals surface area contributed by atoms with Crippen molar-refractivity contribution in [2.75, 3.05) is 5.75 Å². The molecule has 0 N–H and O–H groups in total. The van der Waals surface area contributed by atoms with E-state index in [2.05, 4.69) is 10.2 Å². The molecular weight excluding hydrogens is 394 g/mol. The van der Waals surface area contributed by atoms with E-state index in [0.29, 0.717) is 5.16 Å². The first kappa shape index (κ1) is 19.9. The van der Waals surface area contributed by atoms with E-state index in [1.54, 1.807) is 0 Å². The van der Waals surface area contributed by atoms with Crippen LogP contribution in [0.2, 0.25) is 0 Å². The molecule has 0 saturated heterocycles. The molecule has 0 aliphatic rings. The van der Waals surface area contributed by atoms with Gasteiger partial charge in [0.15, 0.2) is 11.0 Å². The molecule has 0 fully saturated rings. The highest BCUT2D eigenvalue weighted by Crippen LogP contribution is 2.27. The highest BCUT2D eigenvalue weighted by atomic mass is 32.2. The number of carbonyl (C=O) groups excluding carboxylic acids is 1. The Hall–Kier alpha value is -3.38. The summed E-state index contributed by atoms with van der Waals surface area (Å²) in [6.07, 6.45) is 0. The summed E-state index contributed by atoms with van der Waals surface area (Å²) in [5, 5.41) is 9.37. The highest BCUT2D eigenvalue weighted by Gasteiger charge is 2.17. The number of thioether (sulfide) groups is 1. The molecule has 6 heteroatoms. The van der Waals surface area contributed by atoms with Crippen molar-refractivity contribution in [3.05, 3.63) is 96.1 Å². The summed E-state index contributed by atoms with van der Waals surface area (Å²) in [7, 11) is 0. The van der Waals surface area contributed by atoms with E-state index in [1.165, 1.54) is 11.8 Å². The predicted octanol–water partition coefficient (Wildman–Crippen LogP) is 5.08. The van der Waals surface area contributed by atoms with Crippen molar-refractivity contribution in [3.8, 4) is 17.1 Å². The minimum absolute atomic E-state index is 0.158. The zero-order valence-electron chi connectivity index (χ0n) is 16.6. The summed E-state index contributed by atoms with van der Waals surface area (Å²) in [6.45, 7) is 2.28. The van der Waals surface area contributed by atoms with Crippen molar-refractivity contribution in [3.63, 3.8) is 0 Å². The molecule has 5 nitrogen and oxygen atoms in total. The topological polar surface area (TPSA) is 57.0 Å². The lowest BCUT2D eigenvalue weighted by Gasteiger charge is -2.10. The van der Waals surface area contributed by atoms with Crippen molar-refractivity contribution in [2.24, 2.45) is 0 Å². The number of nitrogens with zero attached hydrogens (tertiary/aromatic N) is 3. The van der Waals surface area contributed by atoms with E-state index in [-0.39, 0.29) is 18.3 Å². The van der Waals surface area contributed by atoms with Gasteiger partial charge in [-0.3, -0.25) is 9.36 Å². The Morgan fingerprint density at radius 3 is 2.40 bits per heavy atom. The molecule has 150 valence electrons. The second-order valence-electron chi connectivity index (χ2n) is 6.78. The monoisotopic (exact) mass is 415 g/mol. The third kappa shape index (κ3) is 4.78. The molecule has 0 aliphatic carbocycles. The molecule has 0 aliphatic heterocycles. The van der Waals surface area contributed by atoms with Crippen molar-refractivity contribution in [2.45, 2.75) is 18.7 Å². The maximum Gasteiger partial charge on any atom is 0.316 e. The van der Waals surface area contributed by atoms with Crippen LogP contribution in [0.15, 0.2) is 90.1 Å². The minimum Gasteiger partial charge on any atom is -0.460 e. The normalized spacial score (nSPS) is 10.7. The van der Waals surface area contributed by atoms with Crippen LogP contribution in [0.5, 0.6) is 0 Å². The summed E-state index contributed by atoms with van der Waals surface area (Å²) in [4.78, 5) is 12.3. The Morgan fingerprint density at radius 2 is 1.67 bits per heavy atom. The van der Waals surface area contributed by atoms with Crippen LogP contribution in [-0.2, 0) is 16.1 Å². The summed E-state index contributed by atoms with van der Waals surface area (Å²) in [6, 6.07) is 27.7. The maximum atomic E-state index is 12.3. The van der Waals surface area contributed by atoms with Crippen LogP contribution in [-0.4, -0.2) is 26.5 Å². The van der Waals surface area contributed by atoms with Gasteiger partial charge in [-0.25, -0.2) is 0 Å². The zero-order valence-corrected chi connectivity index (χ0v) is 17.4. The lowest BCUT2D eigenvalue weighted by atomic mass is 10.1. The van der Waals surface area contributed by atoms with Gasteiger partial charge in [-0.05, 0) is 24.6 Å². The second-order valence-corrected chi connectivity index (χ2v) is 7.72. The third-order valence-corrected chi connectivity index (χ3v) is 5.38. The molecule has 4 rings (SSSR count). The van der Waals surface area contributed by atoms with E-state index in [9.17, 15) is 4.79 Å². The van der Waals surface area contributed by atoms with Crippen molar-refractivity contribution in [1.29, 1.82) is 0 Å². The van der Waals surface area contributed by atoms with E-state index >= 15 is 0 Å². The molecule has 0 saturated carbocycles. The van der Waals surface area contributed by atoms with Crippen LogP contribution in [0.3, 0.4) is 0 Å². The van der Waals surface area contributed by atoms with E-state index in [1.807, 2.05) is 96.4 Å². The van der Waals surface area contributed by atoms with Gasteiger partial charge in [-0.2, -0.15) is 0 Å². The van der Waals surface area contributed by atoms with Crippen LogP contribution in [0.4, 0.5) is 0 Å². The molecule has 4 aromatic rings. The predicted molar refractivity (Wildman–Crippen MR) is 118 cm³/mol. The standard InChI is InChI=1S/C24H21N3O2S/c1-18-9-8-10-19(15-18)16-29-22(28)17-30-24-26-25-23(20-11-4-2-5-12-20)27(24)21-13-6-3-7-14-21/h2-15H,16-17H2,1H3.